The Morgan fingerprint density at radius 2 is 1.80 bits per heavy atom. The fourth-order valence-corrected chi connectivity index (χ4v) is 0.165. The predicted octanol–water partition coefficient (Wildman–Crippen LogP) is -1.04. The van der Waals surface area contributed by atoms with E-state index in [0.29, 0.717) is 0 Å². The Morgan fingerprint density at radius 3 is 1.80 bits per heavy atom. The number of aliphatic hydroxyl groups is 2. The Morgan fingerprint density at radius 1 is 1.50 bits per heavy atom. The van der Waals surface area contributed by atoms with Crippen molar-refractivity contribution in [1.82, 2.24) is 0 Å². The zero-order valence-electron chi connectivity index (χ0n) is 5.16. The normalized spacial score (nSPS) is 10.3. The number of nitro groups is 1. The fraction of sp³-hybridized carbons (Fsp3) is 1.00. The number of hydrogen-bond acceptors (Lipinski definition) is 4. The number of aliphatic hydroxyl groups excluding tert-OH is 2. The minimum Gasteiger partial charge on any atom is -0.388 e. The second kappa shape index (κ2) is 5.95. The Hall–Kier alpha value is 1.37. The van der Waals surface area contributed by atoms with Gasteiger partial charge in [0.1, 0.15) is 13.2 Å². The molecule has 0 atom stereocenters. The standard InChI is InChI=1S/C3H6BrNO4.Ba/c4-3(1-6,2-7)5(8)9;/h6-7H,1-2H2;. The van der Waals surface area contributed by atoms with Crippen molar-refractivity contribution in [3.63, 3.8) is 0 Å². The summed E-state index contributed by atoms with van der Waals surface area (Å²) in [7, 11) is 0. The Balaban J connectivity index is 0. The summed E-state index contributed by atoms with van der Waals surface area (Å²) >= 11 is 2.55. The zero-order valence-corrected chi connectivity index (χ0v) is 11.2. The van der Waals surface area contributed by atoms with Crippen LogP contribution in [-0.4, -0.2) is 81.7 Å². The van der Waals surface area contributed by atoms with Crippen molar-refractivity contribution in [1.29, 1.82) is 0 Å². The van der Waals surface area contributed by atoms with E-state index in [1.165, 1.54) is 0 Å². The third kappa shape index (κ3) is 3.67. The molecule has 0 rings (SSSR count). The molecule has 0 saturated heterocycles. The summed E-state index contributed by atoms with van der Waals surface area (Å²) in [5, 5.41) is 26.5. The van der Waals surface area contributed by atoms with Gasteiger partial charge in [-0.05, 0) is 0 Å². The molecule has 10 heavy (non-hydrogen) atoms. The molecule has 0 saturated carbocycles. The molecule has 0 fully saturated rings. The fourth-order valence-electron chi connectivity index (χ4n) is 0.165. The van der Waals surface area contributed by atoms with Gasteiger partial charge in [0.2, 0.25) is 0 Å². The number of hydrogen-bond donors (Lipinski definition) is 2. The maximum Gasteiger partial charge on any atom is 0.319 e. The quantitative estimate of drug-likeness (QED) is 0.227. The van der Waals surface area contributed by atoms with E-state index in [4.69, 9.17) is 10.2 Å². The van der Waals surface area contributed by atoms with Crippen LogP contribution in [-0.2, 0) is 0 Å². The molecular formula is C3H6BaBrNO4. The first-order chi connectivity index (χ1) is 4.06. The Labute approximate surface area is 106 Å². The van der Waals surface area contributed by atoms with Crippen LogP contribution >= 0.6 is 15.9 Å². The van der Waals surface area contributed by atoms with Crippen molar-refractivity contribution in [3.8, 4) is 0 Å². The van der Waals surface area contributed by atoms with Gasteiger partial charge in [-0.15, -0.1) is 0 Å². The smallest absolute Gasteiger partial charge is 0.319 e. The zero-order chi connectivity index (χ0) is 7.49. The van der Waals surface area contributed by atoms with E-state index in [0.717, 1.165) is 0 Å². The summed E-state index contributed by atoms with van der Waals surface area (Å²) in [6.07, 6.45) is 0. The van der Waals surface area contributed by atoms with Gasteiger partial charge >= 0.3 is 4.45 Å². The average Bonchev–Trinajstić information content (AvgIpc) is 1.86. The van der Waals surface area contributed by atoms with E-state index < -0.39 is 22.6 Å². The van der Waals surface area contributed by atoms with Crippen molar-refractivity contribution in [2.75, 3.05) is 13.2 Å². The van der Waals surface area contributed by atoms with Crippen molar-refractivity contribution >= 4 is 64.8 Å². The van der Waals surface area contributed by atoms with Crippen LogP contribution in [0, 0.1) is 10.1 Å². The minimum absolute atomic E-state index is 0. The first-order valence-electron chi connectivity index (χ1n) is 2.12. The van der Waals surface area contributed by atoms with Crippen LogP contribution in [0.15, 0.2) is 0 Å². The number of alkyl halides is 1. The van der Waals surface area contributed by atoms with Crippen molar-refractivity contribution in [2.45, 2.75) is 4.45 Å². The monoisotopic (exact) mass is 337 g/mol. The van der Waals surface area contributed by atoms with Crippen molar-refractivity contribution in [2.24, 2.45) is 0 Å². The number of rotatable bonds is 3. The van der Waals surface area contributed by atoms with E-state index in [2.05, 4.69) is 15.9 Å². The van der Waals surface area contributed by atoms with Crippen LogP contribution in [0.25, 0.3) is 0 Å². The van der Waals surface area contributed by atoms with Gasteiger partial charge in [-0.25, -0.2) is 0 Å². The largest absolute Gasteiger partial charge is 0.388 e. The average molecular weight is 337 g/mol. The molecule has 2 N–H and O–H groups in total. The predicted molar refractivity (Wildman–Crippen MR) is 38.6 cm³/mol. The van der Waals surface area contributed by atoms with Crippen molar-refractivity contribution in [3.05, 3.63) is 10.1 Å². The minimum atomic E-state index is -1.77. The first-order valence-corrected chi connectivity index (χ1v) is 2.91. The van der Waals surface area contributed by atoms with Gasteiger partial charge in [0.15, 0.2) is 0 Å². The summed E-state index contributed by atoms with van der Waals surface area (Å²) in [6, 6.07) is 0. The molecule has 0 unspecified atom stereocenters. The van der Waals surface area contributed by atoms with Crippen LogP contribution in [0.3, 0.4) is 0 Å². The maximum atomic E-state index is 9.92. The first kappa shape index (κ1) is 13.9. The molecule has 0 aliphatic carbocycles. The van der Waals surface area contributed by atoms with Gasteiger partial charge in [0.25, 0.3) is 0 Å². The molecule has 0 aromatic heterocycles. The van der Waals surface area contributed by atoms with Gasteiger partial charge in [0, 0.05) is 69.7 Å². The third-order valence-corrected chi connectivity index (χ3v) is 1.60. The third-order valence-electron chi connectivity index (χ3n) is 0.812. The summed E-state index contributed by atoms with van der Waals surface area (Å²) < 4.78 is -1.77. The van der Waals surface area contributed by atoms with Gasteiger partial charge < -0.3 is 10.2 Å². The van der Waals surface area contributed by atoms with E-state index in [9.17, 15) is 10.1 Å². The summed E-state index contributed by atoms with van der Waals surface area (Å²) in [5.74, 6) is 0. The molecule has 2 radical (unpaired) electrons. The second-order valence-electron chi connectivity index (χ2n) is 1.49. The molecule has 0 aliphatic heterocycles. The molecular weight excluding hydrogens is 331 g/mol. The summed E-state index contributed by atoms with van der Waals surface area (Å²) in [4.78, 5) is 9.14. The van der Waals surface area contributed by atoms with Crippen LogP contribution in [0.5, 0.6) is 0 Å². The number of halogens is 1. The molecule has 0 aromatic rings. The topological polar surface area (TPSA) is 83.6 Å². The molecule has 7 heteroatoms. The van der Waals surface area contributed by atoms with Crippen LogP contribution in [0.1, 0.15) is 0 Å². The van der Waals surface area contributed by atoms with Crippen LogP contribution < -0.4 is 0 Å². The molecule has 56 valence electrons. The Bertz CT molecular complexity index is 117. The molecule has 0 aliphatic rings. The molecule has 0 bridgehead atoms. The molecule has 0 spiro atoms. The van der Waals surface area contributed by atoms with Crippen molar-refractivity contribution < 1.29 is 15.1 Å². The van der Waals surface area contributed by atoms with Crippen LogP contribution in [0.4, 0.5) is 0 Å². The number of nitrogens with zero attached hydrogens (tertiary/aromatic N) is 1. The van der Waals surface area contributed by atoms with Gasteiger partial charge in [0.05, 0.1) is 0 Å². The second-order valence-corrected chi connectivity index (χ2v) is 2.97. The van der Waals surface area contributed by atoms with Gasteiger partial charge in [-0.1, -0.05) is 0 Å². The van der Waals surface area contributed by atoms with Crippen LogP contribution in [0.2, 0.25) is 0 Å². The van der Waals surface area contributed by atoms with E-state index >= 15 is 0 Å². The molecule has 0 amide bonds. The van der Waals surface area contributed by atoms with E-state index in [-0.39, 0.29) is 48.9 Å². The summed E-state index contributed by atoms with van der Waals surface area (Å²) in [6.45, 7) is -1.45. The molecule has 0 heterocycles. The van der Waals surface area contributed by atoms with E-state index in [1.54, 1.807) is 0 Å². The van der Waals surface area contributed by atoms with Gasteiger partial charge in [-0.2, -0.15) is 0 Å². The van der Waals surface area contributed by atoms with Gasteiger partial charge in [-0.3, -0.25) is 10.1 Å². The summed E-state index contributed by atoms with van der Waals surface area (Å²) in [5.41, 5.74) is 0. The molecule has 0 aromatic carbocycles. The maximum absolute atomic E-state index is 9.92. The SMILES string of the molecule is O=[N+]([O-])C(Br)(CO)CO.[Ba]. The molecule has 5 nitrogen and oxygen atoms in total. The van der Waals surface area contributed by atoms with E-state index in [1.807, 2.05) is 0 Å². The Kier molecular flexibility index (Phi) is 8.29.